The highest BCUT2D eigenvalue weighted by molar-refractivity contribution is 5.99. The molecule has 3 unspecified atom stereocenters. The highest BCUT2D eigenvalue weighted by Gasteiger charge is 2.80. The van der Waals surface area contributed by atoms with E-state index >= 15 is 0 Å². The van der Waals surface area contributed by atoms with Gasteiger partial charge < -0.3 is 24.8 Å². The van der Waals surface area contributed by atoms with E-state index in [2.05, 4.69) is 5.32 Å². The van der Waals surface area contributed by atoms with Crippen molar-refractivity contribution in [3.05, 3.63) is 0 Å². The maximum Gasteiger partial charge on any atom is 0.312 e. The van der Waals surface area contributed by atoms with Gasteiger partial charge in [-0.2, -0.15) is 0 Å². The van der Waals surface area contributed by atoms with Gasteiger partial charge in [0.2, 0.25) is 11.8 Å². The van der Waals surface area contributed by atoms with Gasteiger partial charge in [0, 0.05) is 5.54 Å². The smallest absolute Gasteiger partial charge is 0.312 e. The molecule has 3 rings (SSSR count). The molecule has 8 nitrogen and oxygen atoms in total. The van der Waals surface area contributed by atoms with Crippen LogP contribution in [0.3, 0.4) is 0 Å². The Morgan fingerprint density at radius 2 is 1.97 bits per heavy atom. The van der Waals surface area contributed by atoms with E-state index < -0.39 is 46.6 Å². The average molecular weight is 439 g/mol. The van der Waals surface area contributed by atoms with E-state index in [9.17, 15) is 19.5 Å². The summed E-state index contributed by atoms with van der Waals surface area (Å²) in [5.41, 5.74) is -2.52. The lowest BCUT2D eigenvalue weighted by Crippen LogP contribution is -2.61. The number of hydrogen-bond donors (Lipinski definition) is 2. The molecule has 2 amide bonds. The van der Waals surface area contributed by atoms with Gasteiger partial charge >= 0.3 is 5.97 Å². The number of ether oxygens (including phenoxy) is 2. The molecule has 2 bridgehead atoms. The highest BCUT2D eigenvalue weighted by atomic mass is 16.6. The van der Waals surface area contributed by atoms with Gasteiger partial charge in [-0.05, 0) is 52.9 Å². The van der Waals surface area contributed by atoms with Crippen molar-refractivity contribution in [2.24, 2.45) is 23.7 Å². The lowest BCUT2D eigenvalue weighted by molar-refractivity contribution is -0.162. The summed E-state index contributed by atoms with van der Waals surface area (Å²) in [7, 11) is 0. The van der Waals surface area contributed by atoms with Crippen LogP contribution in [0.15, 0.2) is 0 Å². The first-order valence-electron chi connectivity index (χ1n) is 11.4. The number of carbonyl (C=O) groups excluding carboxylic acids is 3. The van der Waals surface area contributed by atoms with Crippen LogP contribution in [0.1, 0.15) is 61.8 Å². The molecule has 3 aliphatic heterocycles. The Kier molecular flexibility index (Phi) is 5.98. The van der Waals surface area contributed by atoms with Gasteiger partial charge in [0.05, 0.1) is 30.8 Å². The third-order valence-electron chi connectivity index (χ3n) is 7.35. The zero-order chi connectivity index (χ0) is 23.5. The van der Waals surface area contributed by atoms with Crippen LogP contribution >= 0.6 is 0 Å². The quantitative estimate of drug-likeness (QED) is 0.609. The number of rotatable bonds is 6. The lowest BCUT2D eigenvalue weighted by Gasteiger charge is -2.39. The lowest BCUT2D eigenvalue weighted by atomic mass is 9.62. The van der Waals surface area contributed by atoms with Gasteiger partial charge in [-0.15, -0.1) is 0 Å². The van der Waals surface area contributed by atoms with Crippen molar-refractivity contribution >= 4 is 17.8 Å². The van der Waals surface area contributed by atoms with Crippen molar-refractivity contribution in [3.8, 4) is 0 Å². The van der Waals surface area contributed by atoms with Crippen molar-refractivity contribution in [2.75, 3.05) is 13.2 Å². The predicted octanol–water partition coefficient (Wildman–Crippen LogP) is 1.49. The maximum atomic E-state index is 13.9. The zero-order valence-electron chi connectivity index (χ0n) is 20.0. The molecule has 0 radical (unpaired) electrons. The number of esters is 1. The monoisotopic (exact) mass is 438 g/mol. The van der Waals surface area contributed by atoms with Gasteiger partial charge in [-0.3, -0.25) is 14.4 Å². The Balaban J connectivity index is 2.16. The number of likely N-dealkylation sites (tertiary alicyclic amines) is 1. The summed E-state index contributed by atoms with van der Waals surface area (Å²) in [6.07, 6.45) is 0.491. The molecule has 31 heavy (non-hydrogen) atoms. The van der Waals surface area contributed by atoms with E-state index in [1.807, 2.05) is 48.5 Å². The first kappa shape index (κ1) is 24.0. The Bertz CT molecular complexity index is 762. The standard InChI is InChI=1S/C23H38N2O6/c1-9-30-20(29)16-15-19(28)25(14(11-26)12(2)3)17(18(27)24-21(5,6)7)23(15)10-13(4)22(16,8)31-23/h12-17,26H,9-11H2,1-8H3,(H,24,27)/t13?,14-,15-,16-,17?,22+,23?/m0/s1. The summed E-state index contributed by atoms with van der Waals surface area (Å²) in [6, 6.07) is -1.48. The van der Waals surface area contributed by atoms with Crippen molar-refractivity contribution in [1.29, 1.82) is 0 Å². The van der Waals surface area contributed by atoms with Crippen molar-refractivity contribution in [2.45, 2.75) is 90.6 Å². The Labute approximate surface area is 185 Å². The second-order valence-electron chi connectivity index (χ2n) is 10.9. The highest BCUT2D eigenvalue weighted by Crippen LogP contribution is 2.65. The number of nitrogens with one attached hydrogen (secondary N) is 1. The van der Waals surface area contributed by atoms with Crippen LogP contribution in [0, 0.1) is 23.7 Å². The third kappa shape index (κ3) is 3.46. The van der Waals surface area contributed by atoms with E-state index in [4.69, 9.17) is 9.47 Å². The molecule has 0 aromatic rings. The minimum Gasteiger partial charge on any atom is -0.466 e. The van der Waals surface area contributed by atoms with Crippen molar-refractivity contribution < 1.29 is 29.0 Å². The van der Waals surface area contributed by atoms with E-state index in [1.165, 1.54) is 4.90 Å². The SMILES string of the molecule is CCOC(=O)[C@@H]1[C@H]2C(=O)N([C@@H](CO)C(C)C)C(C(=O)NC(C)(C)C)C23CC(C)[C@@]1(C)O3. The molecule has 8 heteroatoms. The molecule has 0 aromatic heterocycles. The summed E-state index contributed by atoms with van der Waals surface area (Å²) in [5.74, 6) is -2.80. The van der Waals surface area contributed by atoms with E-state index in [0.29, 0.717) is 6.42 Å². The Morgan fingerprint density at radius 3 is 2.45 bits per heavy atom. The number of carbonyl (C=O) groups is 3. The van der Waals surface area contributed by atoms with Crippen LogP contribution in [-0.4, -0.2) is 69.8 Å². The van der Waals surface area contributed by atoms with Crippen LogP contribution in [0.4, 0.5) is 0 Å². The molecule has 176 valence electrons. The molecular weight excluding hydrogens is 400 g/mol. The van der Waals surface area contributed by atoms with Gasteiger partial charge in [0.1, 0.15) is 17.6 Å². The second-order valence-corrected chi connectivity index (χ2v) is 10.9. The third-order valence-corrected chi connectivity index (χ3v) is 7.35. The van der Waals surface area contributed by atoms with Crippen LogP contribution in [0.5, 0.6) is 0 Å². The average Bonchev–Trinajstić information content (AvgIpc) is 3.12. The second kappa shape index (κ2) is 7.73. The van der Waals surface area contributed by atoms with Crippen LogP contribution in [-0.2, 0) is 23.9 Å². The number of nitrogens with zero attached hydrogens (tertiary/aromatic N) is 1. The summed E-state index contributed by atoms with van der Waals surface area (Å²) in [5, 5.41) is 13.1. The molecule has 3 fully saturated rings. The predicted molar refractivity (Wildman–Crippen MR) is 114 cm³/mol. The molecule has 2 N–H and O–H groups in total. The molecule has 3 aliphatic rings. The molecular formula is C23H38N2O6. The molecule has 0 aromatic carbocycles. The molecule has 3 saturated heterocycles. The van der Waals surface area contributed by atoms with Gasteiger partial charge in [0.15, 0.2) is 0 Å². The molecule has 3 heterocycles. The number of aliphatic hydroxyl groups is 1. The van der Waals surface area contributed by atoms with E-state index in [-0.39, 0.29) is 36.9 Å². The first-order chi connectivity index (χ1) is 14.2. The maximum absolute atomic E-state index is 13.9. The Morgan fingerprint density at radius 1 is 1.35 bits per heavy atom. The summed E-state index contributed by atoms with van der Waals surface area (Å²) < 4.78 is 11.9. The number of fused-ring (bicyclic) bond motifs is 1. The van der Waals surface area contributed by atoms with Crippen molar-refractivity contribution in [1.82, 2.24) is 10.2 Å². The molecule has 1 spiro atoms. The first-order valence-corrected chi connectivity index (χ1v) is 11.4. The number of aliphatic hydroxyl groups excluding tert-OH is 1. The number of amides is 2. The normalized spacial score (nSPS) is 37.9. The van der Waals surface area contributed by atoms with Crippen molar-refractivity contribution in [3.63, 3.8) is 0 Å². The van der Waals surface area contributed by atoms with E-state index in [1.54, 1.807) is 6.92 Å². The Hall–Kier alpha value is -1.67. The fourth-order valence-corrected chi connectivity index (χ4v) is 5.98. The minimum atomic E-state index is -1.12. The number of hydrogen-bond acceptors (Lipinski definition) is 6. The van der Waals surface area contributed by atoms with Gasteiger partial charge in [0.25, 0.3) is 0 Å². The topological polar surface area (TPSA) is 105 Å². The van der Waals surface area contributed by atoms with Gasteiger partial charge in [-0.1, -0.05) is 20.8 Å². The van der Waals surface area contributed by atoms with E-state index in [0.717, 1.165) is 0 Å². The molecule has 0 aliphatic carbocycles. The summed E-state index contributed by atoms with van der Waals surface area (Å²) in [4.78, 5) is 42.0. The van der Waals surface area contributed by atoms with Crippen LogP contribution in [0.25, 0.3) is 0 Å². The van der Waals surface area contributed by atoms with Crippen LogP contribution < -0.4 is 5.32 Å². The molecule has 7 atom stereocenters. The summed E-state index contributed by atoms with van der Waals surface area (Å²) >= 11 is 0. The largest absolute Gasteiger partial charge is 0.466 e. The molecule has 0 saturated carbocycles. The summed E-state index contributed by atoms with van der Waals surface area (Å²) in [6.45, 7) is 15.0. The van der Waals surface area contributed by atoms with Crippen LogP contribution in [0.2, 0.25) is 0 Å². The zero-order valence-corrected chi connectivity index (χ0v) is 20.0. The fraction of sp³-hybridized carbons (Fsp3) is 0.870. The fourth-order valence-electron chi connectivity index (χ4n) is 5.98. The minimum absolute atomic E-state index is 0.0394. The van der Waals surface area contributed by atoms with Gasteiger partial charge in [-0.25, -0.2) is 0 Å².